The summed E-state index contributed by atoms with van der Waals surface area (Å²) in [7, 11) is 0. The Kier molecular flexibility index (Phi) is 4.05. The average Bonchev–Trinajstić information content (AvgIpc) is 2.84. The number of aryl methyl sites for hydroxylation is 1. The maximum Gasteiger partial charge on any atom is 0.147 e. The van der Waals surface area contributed by atoms with Crippen LogP contribution in [0.3, 0.4) is 0 Å². The zero-order valence-electron chi connectivity index (χ0n) is 9.52. The zero-order valence-corrected chi connectivity index (χ0v) is 10.3. The van der Waals surface area contributed by atoms with Crippen LogP contribution >= 0.6 is 11.3 Å². The Hall–Kier alpha value is -1.22. The quantitative estimate of drug-likeness (QED) is 0.730. The topological polar surface area (TPSA) is 25.8 Å². The first kappa shape index (κ1) is 11.3. The fraction of sp³-hybridized carbons (Fsp3) is 0.385. The molecule has 2 nitrogen and oxygen atoms in total. The van der Waals surface area contributed by atoms with Gasteiger partial charge in [-0.2, -0.15) is 0 Å². The average molecular weight is 232 g/mol. The Morgan fingerprint density at radius 2 is 1.94 bits per heavy atom. The van der Waals surface area contributed by atoms with E-state index >= 15 is 0 Å². The molecule has 2 aromatic rings. The summed E-state index contributed by atoms with van der Waals surface area (Å²) in [5.74, 6) is 0. The Morgan fingerprint density at radius 3 is 2.56 bits per heavy atom. The van der Waals surface area contributed by atoms with Gasteiger partial charge in [-0.25, -0.2) is 0 Å². The predicted octanol–water partition coefficient (Wildman–Crippen LogP) is 3.94. The summed E-state index contributed by atoms with van der Waals surface area (Å²) in [4.78, 5) is 0. The molecule has 0 saturated heterocycles. The molecular weight excluding hydrogens is 216 g/mol. The molecule has 0 saturated carbocycles. The lowest BCUT2D eigenvalue weighted by atomic mass is 10.1. The third-order valence-corrected chi connectivity index (χ3v) is 3.37. The van der Waals surface area contributed by atoms with Crippen molar-refractivity contribution in [1.29, 1.82) is 0 Å². The Bertz CT molecular complexity index is 406. The van der Waals surface area contributed by atoms with Crippen molar-refractivity contribution in [2.24, 2.45) is 0 Å². The van der Waals surface area contributed by atoms with Crippen LogP contribution in [0.5, 0.6) is 0 Å². The van der Waals surface area contributed by atoms with Gasteiger partial charge in [0.1, 0.15) is 10.5 Å². The summed E-state index contributed by atoms with van der Waals surface area (Å²) < 4.78 is 0. The summed E-state index contributed by atoms with van der Waals surface area (Å²) in [5.41, 5.74) is 4.35. The van der Waals surface area contributed by atoms with E-state index in [1.807, 2.05) is 0 Å². The van der Waals surface area contributed by atoms with Crippen LogP contribution in [-0.4, -0.2) is 10.2 Å². The first-order chi connectivity index (χ1) is 7.90. The lowest BCUT2D eigenvalue weighted by Crippen LogP contribution is -1.85. The third-order valence-electron chi connectivity index (χ3n) is 2.63. The van der Waals surface area contributed by atoms with Gasteiger partial charge in [0, 0.05) is 5.56 Å². The van der Waals surface area contributed by atoms with E-state index in [1.165, 1.54) is 36.8 Å². The fourth-order valence-corrected chi connectivity index (χ4v) is 2.25. The van der Waals surface area contributed by atoms with Gasteiger partial charge in [-0.15, -0.1) is 10.2 Å². The van der Waals surface area contributed by atoms with Crippen molar-refractivity contribution < 1.29 is 0 Å². The van der Waals surface area contributed by atoms with Crippen molar-refractivity contribution in [3.05, 3.63) is 35.3 Å². The van der Waals surface area contributed by atoms with Crippen LogP contribution in [-0.2, 0) is 6.42 Å². The Morgan fingerprint density at radius 1 is 1.12 bits per heavy atom. The molecule has 0 fully saturated rings. The largest absolute Gasteiger partial charge is 0.147 e. The number of aromatic nitrogens is 2. The van der Waals surface area contributed by atoms with Crippen molar-refractivity contribution in [3.8, 4) is 10.6 Å². The maximum absolute atomic E-state index is 4.06. The molecule has 2 rings (SSSR count). The summed E-state index contributed by atoms with van der Waals surface area (Å²) in [6, 6.07) is 8.68. The summed E-state index contributed by atoms with van der Waals surface area (Å²) in [5, 5.41) is 8.91. The van der Waals surface area contributed by atoms with Crippen LogP contribution in [0.2, 0.25) is 0 Å². The molecule has 0 N–H and O–H groups in total. The molecule has 0 aliphatic heterocycles. The zero-order chi connectivity index (χ0) is 11.2. The molecule has 3 heteroatoms. The van der Waals surface area contributed by atoms with Crippen LogP contribution in [0.25, 0.3) is 10.6 Å². The molecule has 0 bridgehead atoms. The van der Waals surface area contributed by atoms with Crippen molar-refractivity contribution >= 4 is 11.3 Å². The highest BCUT2D eigenvalue weighted by Gasteiger charge is 2.00. The molecule has 0 aliphatic carbocycles. The van der Waals surface area contributed by atoms with Crippen LogP contribution in [0, 0.1) is 0 Å². The number of hydrogen-bond acceptors (Lipinski definition) is 3. The van der Waals surface area contributed by atoms with Gasteiger partial charge in [-0.1, -0.05) is 55.4 Å². The van der Waals surface area contributed by atoms with Crippen LogP contribution in [0.1, 0.15) is 31.7 Å². The van der Waals surface area contributed by atoms with E-state index in [0.717, 1.165) is 5.01 Å². The predicted molar refractivity (Wildman–Crippen MR) is 68.6 cm³/mol. The van der Waals surface area contributed by atoms with Gasteiger partial charge in [0.05, 0.1) is 0 Å². The van der Waals surface area contributed by atoms with Gasteiger partial charge in [-0.05, 0) is 18.4 Å². The van der Waals surface area contributed by atoms with Crippen molar-refractivity contribution in [3.63, 3.8) is 0 Å². The summed E-state index contributed by atoms with van der Waals surface area (Å²) >= 11 is 1.58. The molecule has 0 aliphatic rings. The molecule has 0 atom stereocenters. The molecule has 0 unspecified atom stereocenters. The highest BCUT2D eigenvalue weighted by atomic mass is 32.1. The molecule has 84 valence electrons. The van der Waals surface area contributed by atoms with Crippen LogP contribution < -0.4 is 0 Å². The summed E-state index contributed by atoms with van der Waals surface area (Å²) in [6.45, 7) is 2.23. The van der Waals surface area contributed by atoms with Gasteiger partial charge in [0.15, 0.2) is 0 Å². The monoisotopic (exact) mass is 232 g/mol. The van der Waals surface area contributed by atoms with E-state index in [4.69, 9.17) is 0 Å². The fourth-order valence-electron chi connectivity index (χ4n) is 1.69. The minimum absolute atomic E-state index is 1.00. The second-order valence-electron chi connectivity index (χ2n) is 3.90. The second-order valence-corrected chi connectivity index (χ2v) is 4.73. The number of benzene rings is 1. The Labute approximate surface area is 100 Å². The number of rotatable bonds is 5. The van der Waals surface area contributed by atoms with Crippen LogP contribution in [0.15, 0.2) is 29.8 Å². The second kappa shape index (κ2) is 5.75. The van der Waals surface area contributed by atoms with Gasteiger partial charge in [-0.3, -0.25) is 0 Å². The number of hydrogen-bond donors (Lipinski definition) is 0. The lowest BCUT2D eigenvalue weighted by molar-refractivity contribution is 0.717. The standard InChI is InChI=1S/C13H16N2S/c1-2-3-4-5-11-6-8-12(9-7-11)13-15-14-10-16-13/h6-10H,2-5H2,1H3. The highest BCUT2D eigenvalue weighted by Crippen LogP contribution is 2.21. The van der Waals surface area contributed by atoms with E-state index in [0.29, 0.717) is 0 Å². The van der Waals surface area contributed by atoms with E-state index in [-0.39, 0.29) is 0 Å². The SMILES string of the molecule is CCCCCc1ccc(-c2nncs2)cc1. The molecular formula is C13H16N2S. The minimum atomic E-state index is 1.00. The Balaban J connectivity index is 2.00. The molecule has 1 heterocycles. The lowest BCUT2D eigenvalue weighted by Gasteiger charge is -2.01. The first-order valence-corrected chi connectivity index (χ1v) is 6.63. The molecule has 0 radical (unpaired) electrons. The molecule has 1 aromatic carbocycles. The van der Waals surface area contributed by atoms with Gasteiger partial charge >= 0.3 is 0 Å². The van der Waals surface area contributed by atoms with E-state index in [2.05, 4.69) is 41.4 Å². The van der Waals surface area contributed by atoms with Gasteiger partial charge in [0.2, 0.25) is 0 Å². The maximum atomic E-state index is 4.06. The third kappa shape index (κ3) is 2.89. The summed E-state index contributed by atoms with van der Waals surface area (Å²) in [6.07, 6.45) is 5.07. The van der Waals surface area contributed by atoms with Crippen molar-refractivity contribution in [1.82, 2.24) is 10.2 Å². The molecule has 16 heavy (non-hydrogen) atoms. The highest BCUT2D eigenvalue weighted by molar-refractivity contribution is 7.12. The number of unbranched alkanes of at least 4 members (excludes halogenated alkanes) is 2. The van der Waals surface area contributed by atoms with E-state index < -0.39 is 0 Å². The van der Waals surface area contributed by atoms with Crippen LogP contribution in [0.4, 0.5) is 0 Å². The molecule has 0 spiro atoms. The van der Waals surface area contributed by atoms with Crippen molar-refractivity contribution in [2.75, 3.05) is 0 Å². The molecule has 0 amide bonds. The van der Waals surface area contributed by atoms with Crippen molar-refractivity contribution in [2.45, 2.75) is 32.6 Å². The first-order valence-electron chi connectivity index (χ1n) is 5.75. The minimum Gasteiger partial charge on any atom is -0.147 e. The molecule has 1 aromatic heterocycles. The number of nitrogens with zero attached hydrogens (tertiary/aromatic N) is 2. The van der Waals surface area contributed by atoms with E-state index in [9.17, 15) is 0 Å². The smallest absolute Gasteiger partial charge is 0.147 e. The van der Waals surface area contributed by atoms with E-state index in [1.54, 1.807) is 16.8 Å². The van der Waals surface area contributed by atoms with Gasteiger partial charge in [0.25, 0.3) is 0 Å². The normalized spacial score (nSPS) is 10.6. The van der Waals surface area contributed by atoms with Gasteiger partial charge < -0.3 is 0 Å².